The monoisotopic (exact) mass is 309 g/mol. The Hall–Kier alpha value is -0.330. The number of aliphatic hydroxyl groups is 1. The van der Waals surface area contributed by atoms with Crippen molar-refractivity contribution in [2.24, 2.45) is 0 Å². The van der Waals surface area contributed by atoms with E-state index in [1.807, 2.05) is 0 Å². The molecule has 1 unspecified atom stereocenters. The summed E-state index contributed by atoms with van der Waals surface area (Å²) < 4.78 is 26.0. The Bertz CT molecular complexity index is 572. The van der Waals surface area contributed by atoms with E-state index in [9.17, 15) is 13.5 Å². The van der Waals surface area contributed by atoms with E-state index >= 15 is 0 Å². The van der Waals surface area contributed by atoms with Crippen LogP contribution < -0.4 is 0 Å². The highest BCUT2D eigenvalue weighted by Gasteiger charge is 2.39. The standard InChI is InChI=1S/C11H13Cl2NO3S/c1-11(15)5-6-14(7-11)18(16,17)9-4-2-3-8(12)10(9)13/h2-4,15H,5-7H2,1H3. The van der Waals surface area contributed by atoms with E-state index < -0.39 is 15.6 Å². The summed E-state index contributed by atoms with van der Waals surface area (Å²) in [5.74, 6) is 0. The zero-order valence-electron chi connectivity index (χ0n) is 9.73. The van der Waals surface area contributed by atoms with E-state index in [0.717, 1.165) is 0 Å². The molecule has 7 heteroatoms. The van der Waals surface area contributed by atoms with Gasteiger partial charge in [-0.3, -0.25) is 0 Å². The van der Waals surface area contributed by atoms with Crippen molar-refractivity contribution in [1.29, 1.82) is 0 Å². The van der Waals surface area contributed by atoms with E-state index in [-0.39, 0.29) is 28.0 Å². The van der Waals surface area contributed by atoms with Gasteiger partial charge in [0, 0.05) is 13.1 Å². The molecule has 1 aromatic carbocycles. The average molecular weight is 310 g/mol. The molecule has 0 radical (unpaired) electrons. The summed E-state index contributed by atoms with van der Waals surface area (Å²) >= 11 is 11.7. The third-order valence-electron chi connectivity index (χ3n) is 2.95. The molecule has 100 valence electrons. The summed E-state index contributed by atoms with van der Waals surface area (Å²) in [5.41, 5.74) is -0.988. The van der Waals surface area contributed by atoms with Gasteiger partial charge < -0.3 is 5.11 Å². The van der Waals surface area contributed by atoms with Gasteiger partial charge in [0.25, 0.3) is 0 Å². The van der Waals surface area contributed by atoms with Gasteiger partial charge in [-0.1, -0.05) is 29.3 Å². The van der Waals surface area contributed by atoms with Crippen LogP contribution in [0.5, 0.6) is 0 Å². The molecular weight excluding hydrogens is 297 g/mol. The minimum absolute atomic E-state index is 0.0191. The maximum absolute atomic E-state index is 12.4. The second kappa shape index (κ2) is 4.65. The van der Waals surface area contributed by atoms with E-state index in [4.69, 9.17) is 23.2 Å². The number of β-amino-alcohol motifs (C(OH)–C–C–N with tert-alkyl or cyclic N) is 1. The summed E-state index contributed by atoms with van der Waals surface area (Å²) in [6.45, 7) is 1.96. The molecule has 0 amide bonds. The van der Waals surface area contributed by atoms with Crippen molar-refractivity contribution in [3.05, 3.63) is 28.2 Å². The fourth-order valence-electron chi connectivity index (χ4n) is 1.93. The minimum Gasteiger partial charge on any atom is -0.389 e. The summed E-state index contributed by atoms with van der Waals surface area (Å²) in [7, 11) is -3.71. The van der Waals surface area contributed by atoms with Crippen LogP contribution in [0.2, 0.25) is 10.0 Å². The highest BCUT2D eigenvalue weighted by Crippen LogP contribution is 2.33. The van der Waals surface area contributed by atoms with Crippen LogP contribution in [0, 0.1) is 0 Å². The van der Waals surface area contributed by atoms with Gasteiger partial charge in [0.15, 0.2) is 0 Å². The Balaban J connectivity index is 2.41. The molecular formula is C11H13Cl2NO3S. The molecule has 1 saturated heterocycles. The number of benzene rings is 1. The minimum atomic E-state index is -3.71. The van der Waals surface area contributed by atoms with Gasteiger partial charge in [-0.2, -0.15) is 4.31 Å². The fraction of sp³-hybridized carbons (Fsp3) is 0.455. The van der Waals surface area contributed by atoms with E-state index in [0.29, 0.717) is 6.42 Å². The zero-order valence-corrected chi connectivity index (χ0v) is 12.1. The lowest BCUT2D eigenvalue weighted by molar-refractivity contribution is 0.0762. The molecule has 1 heterocycles. The normalized spacial score (nSPS) is 25.6. The van der Waals surface area contributed by atoms with Gasteiger partial charge in [0.1, 0.15) is 4.90 Å². The summed E-state index contributed by atoms with van der Waals surface area (Å²) in [6.07, 6.45) is 0.407. The van der Waals surface area contributed by atoms with Crippen molar-refractivity contribution in [3.8, 4) is 0 Å². The van der Waals surface area contributed by atoms with Crippen LogP contribution in [-0.2, 0) is 10.0 Å². The molecule has 0 saturated carbocycles. The number of hydrogen-bond acceptors (Lipinski definition) is 3. The van der Waals surface area contributed by atoms with Crippen LogP contribution in [0.25, 0.3) is 0 Å². The van der Waals surface area contributed by atoms with Crippen molar-refractivity contribution in [1.82, 2.24) is 4.31 Å². The van der Waals surface area contributed by atoms with E-state index in [2.05, 4.69) is 0 Å². The number of nitrogens with zero attached hydrogens (tertiary/aromatic N) is 1. The van der Waals surface area contributed by atoms with Crippen molar-refractivity contribution < 1.29 is 13.5 Å². The second-order valence-electron chi connectivity index (χ2n) is 4.64. The predicted octanol–water partition coefficient (Wildman–Crippen LogP) is 2.14. The predicted molar refractivity (Wildman–Crippen MR) is 70.5 cm³/mol. The lowest BCUT2D eigenvalue weighted by atomic mass is 10.1. The molecule has 1 fully saturated rings. The molecule has 0 aromatic heterocycles. The van der Waals surface area contributed by atoms with Crippen LogP contribution in [0.3, 0.4) is 0 Å². The first-order valence-electron chi connectivity index (χ1n) is 5.41. The van der Waals surface area contributed by atoms with E-state index in [1.54, 1.807) is 6.92 Å². The van der Waals surface area contributed by atoms with Crippen LogP contribution >= 0.6 is 23.2 Å². The first-order chi connectivity index (χ1) is 8.24. The number of halogens is 2. The largest absolute Gasteiger partial charge is 0.389 e. The Morgan fingerprint density at radius 3 is 2.61 bits per heavy atom. The van der Waals surface area contributed by atoms with Crippen LogP contribution in [-0.4, -0.2) is 36.5 Å². The van der Waals surface area contributed by atoms with Crippen LogP contribution in [0.4, 0.5) is 0 Å². The molecule has 1 N–H and O–H groups in total. The highest BCUT2D eigenvalue weighted by molar-refractivity contribution is 7.89. The smallest absolute Gasteiger partial charge is 0.244 e. The lowest BCUT2D eigenvalue weighted by Gasteiger charge is -2.19. The highest BCUT2D eigenvalue weighted by atomic mass is 35.5. The van der Waals surface area contributed by atoms with Gasteiger partial charge in [-0.15, -0.1) is 0 Å². The molecule has 0 spiro atoms. The average Bonchev–Trinajstić information content (AvgIpc) is 2.63. The molecule has 0 bridgehead atoms. The van der Waals surface area contributed by atoms with E-state index in [1.165, 1.54) is 22.5 Å². The van der Waals surface area contributed by atoms with Crippen LogP contribution in [0.15, 0.2) is 23.1 Å². The van der Waals surface area contributed by atoms with Gasteiger partial charge in [0.05, 0.1) is 15.6 Å². The first-order valence-corrected chi connectivity index (χ1v) is 7.60. The molecule has 1 atom stereocenters. The van der Waals surface area contributed by atoms with Gasteiger partial charge in [-0.05, 0) is 25.5 Å². The molecule has 1 aliphatic heterocycles. The molecule has 1 aromatic rings. The topological polar surface area (TPSA) is 57.6 Å². The second-order valence-corrected chi connectivity index (χ2v) is 7.33. The summed E-state index contributed by atoms with van der Waals surface area (Å²) in [6, 6.07) is 4.48. The lowest BCUT2D eigenvalue weighted by Crippen LogP contribution is -2.34. The van der Waals surface area contributed by atoms with Gasteiger partial charge in [0.2, 0.25) is 10.0 Å². The number of sulfonamides is 1. The number of hydrogen-bond donors (Lipinski definition) is 1. The van der Waals surface area contributed by atoms with Crippen molar-refractivity contribution in [2.45, 2.75) is 23.8 Å². The molecule has 4 nitrogen and oxygen atoms in total. The third kappa shape index (κ3) is 2.51. The van der Waals surface area contributed by atoms with Crippen molar-refractivity contribution in [3.63, 3.8) is 0 Å². The summed E-state index contributed by atoms with van der Waals surface area (Å²) in [5, 5.41) is 10.1. The molecule has 1 aliphatic rings. The van der Waals surface area contributed by atoms with Gasteiger partial charge in [-0.25, -0.2) is 8.42 Å². The van der Waals surface area contributed by atoms with Crippen LogP contribution in [0.1, 0.15) is 13.3 Å². The molecule has 0 aliphatic carbocycles. The Kier molecular flexibility index (Phi) is 3.64. The van der Waals surface area contributed by atoms with Gasteiger partial charge >= 0.3 is 0 Å². The quantitative estimate of drug-likeness (QED) is 0.910. The maximum atomic E-state index is 12.4. The Morgan fingerprint density at radius 1 is 1.39 bits per heavy atom. The summed E-state index contributed by atoms with van der Waals surface area (Å²) in [4.78, 5) is -0.0191. The first kappa shape index (κ1) is 14.1. The fourth-order valence-corrected chi connectivity index (χ4v) is 4.22. The Labute approximate surface area is 116 Å². The maximum Gasteiger partial charge on any atom is 0.244 e. The third-order valence-corrected chi connectivity index (χ3v) is 5.77. The molecule has 18 heavy (non-hydrogen) atoms. The van der Waals surface area contributed by atoms with Crippen molar-refractivity contribution >= 4 is 33.2 Å². The number of rotatable bonds is 2. The Morgan fingerprint density at radius 2 is 2.06 bits per heavy atom. The SMILES string of the molecule is CC1(O)CCN(S(=O)(=O)c2cccc(Cl)c2Cl)C1. The zero-order chi connectivity index (χ0) is 13.6. The molecule has 2 rings (SSSR count). The van der Waals surface area contributed by atoms with Crippen molar-refractivity contribution in [2.75, 3.05) is 13.1 Å².